The largest absolute Gasteiger partial charge is 0.300 e. The van der Waals surface area contributed by atoms with Gasteiger partial charge in [-0.1, -0.05) is 29.8 Å². The maximum Gasteiger partial charge on any atom is 0.146 e. The highest BCUT2D eigenvalue weighted by atomic mass is 79.9. The summed E-state index contributed by atoms with van der Waals surface area (Å²) < 4.78 is 0. The van der Waals surface area contributed by atoms with Gasteiger partial charge in [0.05, 0.1) is 4.83 Å². The van der Waals surface area contributed by atoms with Crippen LogP contribution in [0.15, 0.2) is 0 Å². The van der Waals surface area contributed by atoms with Gasteiger partial charge in [-0.05, 0) is 38.8 Å². The van der Waals surface area contributed by atoms with E-state index in [2.05, 4.69) is 34.7 Å². The first-order chi connectivity index (χ1) is 7.19. The van der Waals surface area contributed by atoms with Crippen LogP contribution >= 0.6 is 15.9 Å². The molecule has 0 radical (unpaired) electrons. The lowest BCUT2D eigenvalue weighted by atomic mass is 9.93. The van der Waals surface area contributed by atoms with Gasteiger partial charge < -0.3 is 4.90 Å². The fourth-order valence-electron chi connectivity index (χ4n) is 2.34. The predicted molar refractivity (Wildman–Crippen MR) is 67.5 cm³/mol. The quantitative estimate of drug-likeness (QED) is 0.719. The molecule has 0 amide bonds. The Morgan fingerprint density at radius 3 is 2.40 bits per heavy atom. The number of hydrogen-bond acceptors (Lipinski definition) is 2. The van der Waals surface area contributed by atoms with Gasteiger partial charge in [0.2, 0.25) is 0 Å². The smallest absolute Gasteiger partial charge is 0.146 e. The second-order valence-electron chi connectivity index (χ2n) is 4.40. The van der Waals surface area contributed by atoms with E-state index in [1.807, 2.05) is 0 Å². The zero-order chi connectivity index (χ0) is 11.3. The van der Waals surface area contributed by atoms with Gasteiger partial charge in [-0.2, -0.15) is 0 Å². The highest BCUT2D eigenvalue weighted by Crippen LogP contribution is 2.25. The van der Waals surface area contributed by atoms with Crippen molar-refractivity contribution >= 4 is 21.7 Å². The Morgan fingerprint density at radius 1 is 1.33 bits per heavy atom. The van der Waals surface area contributed by atoms with Crippen molar-refractivity contribution in [1.82, 2.24) is 4.90 Å². The Kier molecular flexibility index (Phi) is 5.83. The maximum atomic E-state index is 11.4. The molecule has 0 bridgehead atoms. The number of ketones is 1. The predicted octanol–water partition coefficient (Wildman–Crippen LogP) is 2.99. The summed E-state index contributed by atoms with van der Waals surface area (Å²) in [5, 5.41) is 0. The Balaban J connectivity index is 2.48. The normalized spacial score (nSPS) is 27.3. The van der Waals surface area contributed by atoms with Gasteiger partial charge >= 0.3 is 0 Å². The molecule has 0 heterocycles. The third-order valence-electron chi connectivity index (χ3n) is 3.09. The zero-order valence-electron chi connectivity index (χ0n) is 9.84. The van der Waals surface area contributed by atoms with Crippen LogP contribution in [-0.4, -0.2) is 34.6 Å². The van der Waals surface area contributed by atoms with Gasteiger partial charge in [0.1, 0.15) is 5.78 Å². The van der Waals surface area contributed by atoms with Crippen molar-refractivity contribution in [1.29, 1.82) is 0 Å². The standard InChI is InChI=1S/C12H22BrNO/c1-3-7-14(8-4-2)10-5-6-12(15)11(13)9-10/h10-11H,3-9H2,1-2H3. The summed E-state index contributed by atoms with van der Waals surface area (Å²) in [6, 6.07) is 0.618. The third-order valence-corrected chi connectivity index (χ3v) is 3.97. The lowest BCUT2D eigenvalue weighted by Gasteiger charge is -2.35. The monoisotopic (exact) mass is 275 g/mol. The van der Waals surface area contributed by atoms with Crippen molar-refractivity contribution in [3.8, 4) is 0 Å². The molecular formula is C12H22BrNO. The van der Waals surface area contributed by atoms with Gasteiger partial charge in [-0.15, -0.1) is 0 Å². The number of rotatable bonds is 5. The molecule has 0 aliphatic heterocycles. The van der Waals surface area contributed by atoms with Crippen LogP contribution in [0.3, 0.4) is 0 Å². The average Bonchev–Trinajstić information content (AvgIpc) is 2.22. The molecule has 2 nitrogen and oxygen atoms in total. The summed E-state index contributed by atoms with van der Waals surface area (Å²) in [7, 11) is 0. The molecule has 0 N–H and O–H groups in total. The summed E-state index contributed by atoms with van der Waals surface area (Å²) in [6.07, 6.45) is 5.22. The van der Waals surface area contributed by atoms with E-state index in [0.717, 1.165) is 19.3 Å². The summed E-state index contributed by atoms with van der Waals surface area (Å²) in [4.78, 5) is 14.1. The first kappa shape index (κ1) is 13.2. The van der Waals surface area contributed by atoms with Crippen LogP contribution in [0, 0.1) is 0 Å². The summed E-state index contributed by atoms with van der Waals surface area (Å²) in [5.41, 5.74) is 0. The third kappa shape index (κ3) is 3.87. The van der Waals surface area contributed by atoms with Crippen molar-refractivity contribution in [3.05, 3.63) is 0 Å². The minimum absolute atomic E-state index is 0.104. The molecule has 88 valence electrons. The Bertz CT molecular complexity index is 202. The number of Topliss-reactive ketones (excluding diaryl/α,β-unsaturated/α-hetero) is 1. The molecule has 15 heavy (non-hydrogen) atoms. The fourth-order valence-corrected chi connectivity index (χ4v) is 3.00. The van der Waals surface area contributed by atoms with Gasteiger partial charge in [-0.3, -0.25) is 4.79 Å². The van der Waals surface area contributed by atoms with Crippen molar-refractivity contribution in [2.45, 2.75) is 56.8 Å². The average molecular weight is 276 g/mol. The molecule has 1 aliphatic rings. The molecule has 1 rings (SSSR count). The second-order valence-corrected chi connectivity index (χ2v) is 5.50. The highest BCUT2D eigenvalue weighted by molar-refractivity contribution is 9.10. The summed E-state index contributed by atoms with van der Waals surface area (Å²) in [5.74, 6) is 0.388. The molecule has 3 heteroatoms. The van der Waals surface area contributed by atoms with Crippen molar-refractivity contribution < 1.29 is 4.79 Å². The van der Waals surface area contributed by atoms with Crippen molar-refractivity contribution in [2.24, 2.45) is 0 Å². The van der Waals surface area contributed by atoms with Gasteiger partial charge in [0.15, 0.2) is 0 Å². The van der Waals surface area contributed by atoms with E-state index < -0.39 is 0 Å². The van der Waals surface area contributed by atoms with Crippen LogP contribution in [-0.2, 0) is 4.79 Å². The topological polar surface area (TPSA) is 20.3 Å². The first-order valence-electron chi connectivity index (χ1n) is 6.09. The minimum atomic E-state index is 0.104. The second kappa shape index (κ2) is 6.64. The van der Waals surface area contributed by atoms with E-state index in [-0.39, 0.29) is 4.83 Å². The van der Waals surface area contributed by atoms with Crippen LogP contribution in [0.1, 0.15) is 46.0 Å². The van der Waals surface area contributed by atoms with Crippen molar-refractivity contribution in [2.75, 3.05) is 13.1 Å². The Labute approximate surface area is 102 Å². The Hall–Kier alpha value is 0.110. The van der Waals surface area contributed by atoms with Crippen LogP contribution in [0.5, 0.6) is 0 Å². The number of nitrogens with zero attached hydrogens (tertiary/aromatic N) is 1. The van der Waals surface area contributed by atoms with Gasteiger partial charge in [0, 0.05) is 12.5 Å². The molecular weight excluding hydrogens is 254 g/mol. The molecule has 1 fully saturated rings. The molecule has 0 saturated heterocycles. The lowest BCUT2D eigenvalue weighted by Crippen LogP contribution is -2.42. The van der Waals surface area contributed by atoms with E-state index in [9.17, 15) is 4.79 Å². The first-order valence-corrected chi connectivity index (χ1v) is 7.01. The van der Waals surface area contributed by atoms with Gasteiger partial charge in [0.25, 0.3) is 0 Å². The fraction of sp³-hybridized carbons (Fsp3) is 0.917. The molecule has 0 aromatic rings. The zero-order valence-corrected chi connectivity index (χ0v) is 11.4. The van der Waals surface area contributed by atoms with Crippen LogP contribution in [0.2, 0.25) is 0 Å². The maximum absolute atomic E-state index is 11.4. The van der Waals surface area contributed by atoms with Crippen LogP contribution in [0.25, 0.3) is 0 Å². The number of carbonyl (C=O) groups excluding carboxylic acids is 1. The summed E-state index contributed by atoms with van der Waals surface area (Å²) in [6.45, 7) is 6.79. The SMILES string of the molecule is CCCN(CCC)C1CCC(=O)C(Br)C1. The van der Waals surface area contributed by atoms with Crippen molar-refractivity contribution in [3.63, 3.8) is 0 Å². The molecule has 0 aromatic heterocycles. The molecule has 0 spiro atoms. The lowest BCUT2D eigenvalue weighted by molar-refractivity contribution is -0.120. The molecule has 2 atom stereocenters. The van der Waals surface area contributed by atoms with E-state index in [1.165, 1.54) is 25.9 Å². The number of halogens is 1. The van der Waals surface area contributed by atoms with E-state index in [4.69, 9.17) is 0 Å². The molecule has 2 unspecified atom stereocenters. The van der Waals surface area contributed by atoms with E-state index in [1.54, 1.807) is 0 Å². The number of alkyl halides is 1. The van der Waals surface area contributed by atoms with E-state index >= 15 is 0 Å². The Morgan fingerprint density at radius 2 is 1.93 bits per heavy atom. The number of carbonyl (C=O) groups is 1. The highest BCUT2D eigenvalue weighted by Gasteiger charge is 2.29. The number of hydrogen-bond donors (Lipinski definition) is 0. The van der Waals surface area contributed by atoms with Gasteiger partial charge in [-0.25, -0.2) is 0 Å². The summed E-state index contributed by atoms with van der Waals surface area (Å²) >= 11 is 3.49. The van der Waals surface area contributed by atoms with Crippen LogP contribution < -0.4 is 0 Å². The van der Waals surface area contributed by atoms with Crippen LogP contribution in [0.4, 0.5) is 0 Å². The van der Waals surface area contributed by atoms with E-state index in [0.29, 0.717) is 11.8 Å². The molecule has 1 saturated carbocycles. The molecule has 1 aliphatic carbocycles. The minimum Gasteiger partial charge on any atom is -0.300 e. The molecule has 0 aromatic carbocycles.